The number of H-pyrrole nitrogens is 1. The van der Waals surface area contributed by atoms with Gasteiger partial charge in [0.1, 0.15) is 11.0 Å². The molecule has 2 aromatic carbocycles. The van der Waals surface area contributed by atoms with Crippen LogP contribution in [0.2, 0.25) is 0 Å². The molecule has 0 aliphatic carbocycles. The summed E-state index contributed by atoms with van der Waals surface area (Å²) in [5.41, 5.74) is -0.880. The van der Waals surface area contributed by atoms with Crippen LogP contribution in [0, 0.1) is 5.92 Å². The number of benzene rings is 2. The molecule has 1 saturated heterocycles. The predicted octanol–water partition coefficient (Wildman–Crippen LogP) is 4.26. The number of para-hydroxylation sites is 1. The second kappa shape index (κ2) is 7.77. The summed E-state index contributed by atoms with van der Waals surface area (Å²) in [5.74, 6) is -2.50. The van der Waals surface area contributed by atoms with Crippen LogP contribution in [0.4, 0.5) is 18.9 Å². The molecule has 2 amide bonds. The minimum absolute atomic E-state index is 0.329. The van der Waals surface area contributed by atoms with Gasteiger partial charge in [0.15, 0.2) is 0 Å². The van der Waals surface area contributed by atoms with E-state index in [0.29, 0.717) is 26.1 Å². The number of hydrogen-bond acceptors (Lipinski definition) is 6. The number of alkyl halides is 3. The highest BCUT2D eigenvalue weighted by molar-refractivity contribution is 8.00. The predicted molar refractivity (Wildman–Crippen MR) is 117 cm³/mol. The van der Waals surface area contributed by atoms with Crippen molar-refractivity contribution in [3.63, 3.8) is 0 Å². The number of halogens is 3. The van der Waals surface area contributed by atoms with Crippen molar-refractivity contribution in [1.29, 1.82) is 0 Å². The molecule has 5 rings (SSSR count). The number of anilines is 1. The largest absolute Gasteiger partial charge is 0.497 e. The molecule has 11 heteroatoms. The Morgan fingerprint density at radius 1 is 1.00 bits per heavy atom. The average Bonchev–Trinajstić information content (AvgIpc) is 3.28. The van der Waals surface area contributed by atoms with Crippen molar-refractivity contribution in [2.75, 3.05) is 12.0 Å². The van der Waals surface area contributed by atoms with Crippen LogP contribution in [-0.2, 0) is 15.8 Å². The summed E-state index contributed by atoms with van der Waals surface area (Å²) < 4.78 is 46.1. The van der Waals surface area contributed by atoms with E-state index in [2.05, 4.69) is 4.98 Å². The van der Waals surface area contributed by atoms with E-state index in [1.165, 1.54) is 19.2 Å². The number of hydrogen-bond donors (Lipinski definition) is 1. The fraction of sp³-hybridized carbons (Fsp3) is 0.227. The van der Waals surface area contributed by atoms with E-state index in [0.717, 1.165) is 35.2 Å². The van der Waals surface area contributed by atoms with Gasteiger partial charge >= 0.3 is 11.0 Å². The number of nitrogens with zero attached hydrogens (tertiary/aromatic N) is 1. The highest BCUT2D eigenvalue weighted by Crippen LogP contribution is 2.54. The molecule has 0 spiro atoms. The van der Waals surface area contributed by atoms with E-state index in [9.17, 15) is 27.6 Å². The zero-order valence-corrected chi connectivity index (χ0v) is 18.5. The van der Waals surface area contributed by atoms with Gasteiger partial charge in [-0.2, -0.15) is 13.2 Å². The first kappa shape index (κ1) is 21.8. The molecule has 0 bridgehead atoms. The highest BCUT2D eigenvalue weighted by atomic mass is 32.2. The molecule has 3 aromatic rings. The second-order valence-corrected chi connectivity index (χ2v) is 9.72. The van der Waals surface area contributed by atoms with Crippen LogP contribution in [0.5, 0.6) is 5.75 Å². The Morgan fingerprint density at radius 2 is 1.70 bits per heavy atom. The summed E-state index contributed by atoms with van der Waals surface area (Å²) in [6.45, 7) is 0. The normalized spacial score (nSPS) is 22.3. The van der Waals surface area contributed by atoms with Crippen molar-refractivity contribution in [2.24, 2.45) is 5.92 Å². The zero-order valence-electron chi connectivity index (χ0n) is 16.9. The van der Waals surface area contributed by atoms with Crippen molar-refractivity contribution in [3.05, 3.63) is 74.2 Å². The molecule has 0 radical (unpaired) electrons. The number of amides is 2. The third kappa shape index (κ3) is 3.46. The lowest BCUT2D eigenvalue weighted by molar-refractivity contribution is -0.137. The average molecular weight is 493 g/mol. The fourth-order valence-corrected chi connectivity index (χ4v) is 6.85. The van der Waals surface area contributed by atoms with Crippen LogP contribution in [-0.4, -0.2) is 29.2 Å². The Bertz CT molecular complexity index is 1320. The van der Waals surface area contributed by atoms with Gasteiger partial charge in [0, 0.05) is 10.8 Å². The molecule has 3 unspecified atom stereocenters. The van der Waals surface area contributed by atoms with Gasteiger partial charge in [-0.1, -0.05) is 47.4 Å². The zero-order chi connectivity index (χ0) is 23.5. The molecular formula is C22H15F3N2O4S2. The summed E-state index contributed by atoms with van der Waals surface area (Å²) in [6.07, 6.45) is -4.74. The Kier molecular flexibility index (Phi) is 5.13. The van der Waals surface area contributed by atoms with Crippen LogP contribution in [0.15, 0.2) is 58.4 Å². The number of fused-ring (bicyclic) bond motifs is 2. The van der Waals surface area contributed by atoms with E-state index in [1.807, 2.05) is 0 Å². The first-order chi connectivity index (χ1) is 15.7. The number of rotatable bonds is 3. The van der Waals surface area contributed by atoms with Crippen molar-refractivity contribution in [1.82, 2.24) is 4.98 Å². The lowest BCUT2D eigenvalue weighted by atomic mass is 9.83. The monoisotopic (exact) mass is 492 g/mol. The van der Waals surface area contributed by atoms with E-state index < -0.39 is 46.3 Å². The third-order valence-corrected chi connectivity index (χ3v) is 8.15. The van der Waals surface area contributed by atoms with Crippen molar-refractivity contribution in [3.8, 4) is 5.75 Å². The van der Waals surface area contributed by atoms with E-state index in [-0.39, 0.29) is 4.87 Å². The standard InChI is InChI=1S/C22H15F3N2O4S2/c1-31-11-8-6-10(7-9-11)14-15-17(32-18-16(14)33-21(30)26-18)20(29)27(19(15)28)13-5-3-2-4-12(13)22(23,24)25/h2-9,14-15,17H,1H3,(H,26,30). The fourth-order valence-electron chi connectivity index (χ4n) is 4.33. The summed E-state index contributed by atoms with van der Waals surface area (Å²) in [5, 5.41) is -0.511. The van der Waals surface area contributed by atoms with Gasteiger partial charge in [-0.15, -0.1) is 0 Å². The van der Waals surface area contributed by atoms with Crippen LogP contribution >= 0.6 is 23.1 Å². The van der Waals surface area contributed by atoms with Gasteiger partial charge in [0.2, 0.25) is 11.8 Å². The highest BCUT2D eigenvalue weighted by Gasteiger charge is 2.57. The van der Waals surface area contributed by atoms with Crippen molar-refractivity contribution in [2.45, 2.75) is 22.4 Å². The molecule has 1 aromatic heterocycles. The molecule has 170 valence electrons. The molecule has 1 fully saturated rings. The van der Waals surface area contributed by atoms with Crippen LogP contribution in [0.3, 0.4) is 0 Å². The third-order valence-electron chi connectivity index (χ3n) is 5.75. The molecule has 33 heavy (non-hydrogen) atoms. The van der Waals surface area contributed by atoms with E-state index >= 15 is 0 Å². The second-order valence-electron chi connectivity index (χ2n) is 7.55. The van der Waals surface area contributed by atoms with Crippen molar-refractivity contribution >= 4 is 40.6 Å². The Hall–Kier alpha value is -3.05. The van der Waals surface area contributed by atoms with Gasteiger partial charge < -0.3 is 9.72 Å². The molecule has 6 nitrogen and oxygen atoms in total. The number of thioether (sulfide) groups is 1. The van der Waals surface area contributed by atoms with Gasteiger partial charge in [0.05, 0.1) is 29.3 Å². The van der Waals surface area contributed by atoms with Gasteiger partial charge in [-0.05, 0) is 29.8 Å². The molecule has 1 N–H and O–H groups in total. The summed E-state index contributed by atoms with van der Waals surface area (Å²) >= 11 is 1.95. The molecule has 2 aliphatic heterocycles. The van der Waals surface area contributed by atoms with E-state index in [1.54, 1.807) is 24.3 Å². The summed E-state index contributed by atoms with van der Waals surface area (Å²) in [7, 11) is 1.51. The maximum atomic E-state index is 13.6. The van der Waals surface area contributed by atoms with Gasteiger partial charge in [0.25, 0.3) is 0 Å². The Labute approximate surface area is 193 Å². The number of carbonyl (C=O) groups is 2. The number of carbonyl (C=O) groups excluding carboxylic acids is 2. The lowest BCUT2D eigenvalue weighted by Gasteiger charge is -2.29. The maximum Gasteiger partial charge on any atom is 0.418 e. The lowest BCUT2D eigenvalue weighted by Crippen LogP contribution is -2.33. The topological polar surface area (TPSA) is 79.5 Å². The SMILES string of the molecule is COc1ccc(C2c3sc(=O)[nH]c3SC3C(=O)N(c4ccccc4C(F)(F)F)C(=O)C32)cc1. The summed E-state index contributed by atoms with van der Waals surface area (Å²) in [4.78, 5) is 42.6. The minimum atomic E-state index is -4.74. The van der Waals surface area contributed by atoms with Crippen molar-refractivity contribution < 1.29 is 27.5 Å². The van der Waals surface area contributed by atoms with E-state index in [4.69, 9.17) is 4.74 Å². The first-order valence-corrected chi connectivity index (χ1v) is 11.5. The van der Waals surface area contributed by atoms with Crippen LogP contribution < -0.4 is 14.5 Å². The quantitative estimate of drug-likeness (QED) is 0.553. The number of aromatic amines is 1. The Balaban J connectivity index is 1.65. The molecular weight excluding hydrogens is 477 g/mol. The molecule has 3 atom stereocenters. The van der Waals surface area contributed by atoms with Gasteiger partial charge in [-0.25, -0.2) is 4.90 Å². The van der Waals surface area contributed by atoms with Crippen LogP contribution in [0.25, 0.3) is 0 Å². The molecule has 0 saturated carbocycles. The number of methoxy groups -OCH3 is 1. The Morgan fingerprint density at radius 3 is 2.36 bits per heavy atom. The number of ether oxygens (including phenoxy) is 1. The molecule has 2 aliphatic rings. The number of aromatic nitrogens is 1. The number of thiazole rings is 1. The first-order valence-electron chi connectivity index (χ1n) is 9.78. The molecule has 3 heterocycles. The van der Waals surface area contributed by atoms with Gasteiger partial charge in [-0.3, -0.25) is 14.4 Å². The summed E-state index contributed by atoms with van der Waals surface area (Å²) in [6, 6.07) is 11.4. The smallest absolute Gasteiger partial charge is 0.418 e. The minimum Gasteiger partial charge on any atom is -0.497 e. The maximum absolute atomic E-state index is 13.6. The number of imide groups is 1. The van der Waals surface area contributed by atoms with Crippen LogP contribution in [0.1, 0.15) is 21.9 Å². The number of nitrogens with one attached hydrogen (secondary N) is 1.